The highest BCUT2D eigenvalue weighted by Gasteiger charge is 2.11. The number of sulfone groups is 1. The van der Waals surface area contributed by atoms with Crippen molar-refractivity contribution in [3.8, 4) is 0 Å². The van der Waals surface area contributed by atoms with Gasteiger partial charge in [-0.2, -0.15) is 0 Å². The third-order valence-electron chi connectivity index (χ3n) is 1.85. The molecule has 0 fully saturated rings. The van der Waals surface area contributed by atoms with Crippen molar-refractivity contribution in [1.29, 1.82) is 0 Å². The average Bonchev–Trinajstić information content (AvgIpc) is 2.53. The second-order valence-electron chi connectivity index (χ2n) is 3.15. The standard InChI is InChI=1S/C8H15N3O2S/c1-3-5-11-6-8(9-10-11)7-14(12,13)4-2/h6H,3-5,7H2,1-2H3. The van der Waals surface area contributed by atoms with Crippen molar-refractivity contribution < 1.29 is 8.42 Å². The molecule has 0 saturated heterocycles. The summed E-state index contributed by atoms with van der Waals surface area (Å²) in [6.45, 7) is 4.44. The maximum atomic E-state index is 11.3. The molecule has 0 amide bonds. The molecule has 5 nitrogen and oxygen atoms in total. The first-order valence-electron chi connectivity index (χ1n) is 4.67. The minimum atomic E-state index is -2.99. The van der Waals surface area contributed by atoms with Crippen molar-refractivity contribution in [1.82, 2.24) is 15.0 Å². The van der Waals surface area contributed by atoms with Gasteiger partial charge < -0.3 is 0 Å². The molecule has 0 unspecified atom stereocenters. The van der Waals surface area contributed by atoms with Crippen LogP contribution in [0.25, 0.3) is 0 Å². The van der Waals surface area contributed by atoms with Crippen LogP contribution in [0, 0.1) is 0 Å². The Bertz CT molecular complexity index is 383. The van der Waals surface area contributed by atoms with Crippen molar-refractivity contribution >= 4 is 9.84 Å². The molecule has 0 saturated carbocycles. The van der Waals surface area contributed by atoms with Crippen LogP contribution in [0.5, 0.6) is 0 Å². The zero-order chi connectivity index (χ0) is 10.6. The summed E-state index contributed by atoms with van der Waals surface area (Å²) < 4.78 is 24.2. The van der Waals surface area contributed by atoms with Gasteiger partial charge in [0, 0.05) is 18.5 Å². The first-order valence-corrected chi connectivity index (χ1v) is 6.49. The number of rotatable bonds is 5. The van der Waals surface area contributed by atoms with E-state index in [2.05, 4.69) is 10.3 Å². The van der Waals surface area contributed by atoms with Crippen molar-refractivity contribution in [3.05, 3.63) is 11.9 Å². The van der Waals surface area contributed by atoms with Crippen LogP contribution in [0.2, 0.25) is 0 Å². The van der Waals surface area contributed by atoms with Crippen LogP contribution in [0.15, 0.2) is 6.20 Å². The number of hydrogen-bond acceptors (Lipinski definition) is 4. The molecule has 0 bridgehead atoms. The van der Waals surface area contributed by atoms with Gasteiger partial charge in [-0.05, 0) is 6.42 Å². The number of hydrogen-bond donors (Lipinski definition) is 0. The molecule has 1 rings (SSSR count). The summed E-state index contributed by atoms with van der Waals surface area (Å²) in [5.41, 5.74) is 0.528. The molecule has 0 aliphatic heterocycles. The third-order valence-corrected chi connectivity index (χ3v) is 3.46. The van der Waals surface area contributed by atoms with E-state index in [1.165, 1.54) is 0 Å². The van der Waals surface area contributed by atoms with Crippen LogP contribution in [-0.4, -0.2) is 29.2 Å². The average molecular weight is 217 g/mol. The van der Waals surface area contributed by atoms with Gasteiger partial charge in [0.05, 0.1) is 11.4 Å². The van der Waals surface area contributed by atoms with Gasteiger partial charge in [0.2, 0.25) is 0 Å². The molecule has 0 spiro atoms. The first-order chi connectivity index (χ1) is 6.57. The van der Waals surface area contributed by atoms with Gasteiger partial charge >= 0.3 is 0 Å². The Morgan fingerprint density at radius 2 is 2.14 bits per heavy atom. The van der Waals surface area contributed by atoms with Gasteiger partial charge in [-0.3, -0.25) is 4.68 Å². The second kappa shape index (κ2) is 4.54. The molecule has 0 N–H and O–H groups in total. The summed E-state index contributed by atoms with van der Waals surface area (Å²) in [6, 6.07) is 0. The quantitative estimate of drug-likeness (QED) is 0.725. The number of aryl methyl sites for hydroxylation is 1. The molecule has 14 heavy (non-hydrogen) atoms. The van der Waals surface area contributed by atoms with Crippen LogP contribution in [0.4, 0.5) is 0 Å². The number of nitrogens with zero attached hydrogens (tertiary/aromatic N) is 3. The molecule has 0 aromatic carbocycles. The van der Waals surface area contributed by atoms with Gasteiger partial charge in [0.25, 0.3) is 0 Å². The molecule has 0 aliphatic carbocycles. The van der Waals surface area contributed by atoms with Crippen molar-refractivity contribution in [2.75, 3.05) is 5.75 Å². The molecule has 6 heteroatoms. The lowest BCUT2D eigenvalue weighted by molar-refractivity contribution is 0.578. The van der Waals surface area contributed by atoms with E-state index >= 15 is 0 Å². The Kier molecular flexibility index (Phi) is 3.62. The topological polar surface area (TPSA) is 64.8 Å². The van der Waals surface area contributed by atoms with E-state index in [4.69, 9.17) is 0 Å². The minimum absolute atomic E-state index is 0.00673. The lowest BCUT2D eigenvalue weighted by Crippen LogP contribution is -2.06. The lowest BCUT2D eigenvalue weighted by atomic mass is 10.5. The Morgan fingerprint density at radius 1 is 1.43 bits per heavy atom. The minimum Gasteiger partial charge on any atom is -0.252 e. The van der Waals surface area contributed by atoms with E-state index in [1.54, 1.807) is 17.8 Å². The molecule has 1 heterocycles. The summed E-state index contributed by atoms with van der Waals surface area (Å²) in [7, 11) is -2.99. The summed E-state index contributed by atoms with van der Waals surface area (Å²) in [5, 5.41) is 7.63. The highest BCUT2D eigenvalue weighted by Crippen LogP contribution is 2.02. The van der Waals surface area contributed by atoms with E-state index in [0.717, 1.165) is 13.0 Å². The summed E-state index contributed by atoms with van der Waals surface area (Å²) >= 11 is 0. The van der Waals surface area contributed by atoms with E-state index in [9.17, 15) is 8.42 Å². The second-order valence-corrected chi connectivity index (χ2v) is 5.50. The van der Waals surface area contributed by atoms with Crippen LogP contribution in [0.3, 0.4) is 0 Å². The largest absolute Gasteiger partial charge is 0.252 e. The zero-order valence-corrected chi connectivity index (χ0v) is 9.29. The van der Waals surface area contributed by atoms with Crippen LogP contribution in [0.1, 0.15) is 26.0 Å². The fourth-order valence-corrected chi connectivity index (χ4v) is 1.86. The van der Waals surface area contributed by atoms with Gasteiger partial charge in [0.1, 0.15) is 0 Å². The van der Waals surface area contributed by atoms with Crippen LogP contribution >= 0.6 is 0 Å². The van der Waals surface area contributed by atoms with Gasteiger partial charge in [-0.1, -0.05) is 19.1 Å². The Balaban J connectivity index is 2.69. The Morgan fingerprint density at radius 3 is 2.71 bits per heavy atom. The Labute approximate surface area is 84.0 Å². The lowest BCUT2D eigenvalue weighted by Gasteiger charge is -1.95. The maximum Gasteiger partial charge on any atom is 0.155 e. The molecular weight excluding hydrogens is 202 g/mol. The van der Waals surface area contributed by atoms with Crippen molar-refractivity contribution in [2.24, 2.45) is 0 Å². The summed E-state index contributed by atoms with van der Waals surface area (Å²) in [4.78, 5) is 0. The van der Waals surface area contributed by atoms with Gasteiger partial charge in [-0.25, -0.2) is 8.42 Å². The van der Waals surface area contributed by atoms with Crippen molar-refractivity contribution in [2.45, 2.75) is 32.6 Å². The highest BCUT2D eigenvalue weighted by atomic mass is 32.2. The third kappa shape index (κ3) is 3.10. The molecule has 0 radical (unpaired) electrons. The maximum absolute atomic E-state index is 11.3. The van der Waals surface area contributed by atoms with E-state index in [0.29, 0.717) is 5.69 Å². The summed E-state index contributed by atoms with van der Waals surface area (Å²) in [6.07, 6.45) is 2.65. The fraction of sp³-hybridized carbons (Fsp3) is 0.750. The fourth-order valence-electron chi connectivity index (χ4n) is 1.07. The predicted octanol–water partition coefficient (Wildman–Crippen LogP) is 0.623. The monoisotopic (exact) mass is 217 g/mol. The molecular formula is C8H15N3O2S. The van der Waals surface area contributed by atoms with Crippen LogP contribution in [-0.2, 0) is 22.1 Å². The van der Waals surface area contributed by atoms with E-state index < -0.39 is 9.84 Å². The molecule has 1 aromatic heterocycles. The molecule has 0 aliphatic rings. The van der Waals surface area contributed by atoms with E-state index in [-0.39, 0.29) is 11.5 Å². The molecule has 0 atom stereocenters. The predicted molar refractivity (Wildman–Crippen MR) is 53.5 cm³/mol. The van der Waals surface area contributed by atoms with Crippen molar-refractivity contribution in [3.63, 3.8) is 0 Å². The van der Waals surface area contributed by atoms with E-state index in [1.807, 2.05) is 6.92 Å². The normalized spacial score (nSPS) is 11.9. The van der Waals surface area contributed by atoms with Gasteiger partial charge in [-0.15, -0.1) is 5.10 Å². The summed E-state index contributed by atoms with van der Waals surface area (Å²) in [5.74, 6) is 0.140. The number of aromatic nitrogens is 3. The SMILES string of the molecule is CCCn1cc(CS(=O)(=O)CC)nn1. The Hall–Kier alpha value is -0.910. The molecule has 80 valence electrons. The van der Waals surface area contributed by atoms with Gasteiger partial charge in [0.15, 0.2) is 9.84 Å². The van der Waals surface area contributed by atoms with Crippen LogP contribution < -0.4 is 0 Å². The highest BCUT2D eigenvalue weighted by molar-refractivity contribution is 7.90. The first kappa shape index (κ1) is 11.2. The molecule has 1 aromatic rings. The zero-order valence-electron chi connectivity index (χ0n) is 8.47. The smallest absolute Gasteiger partial charge is 0.155 e.